The molecule has 2 aromatic carbocycles. The van der Waals surface area contributed by atoms with Crippen LogP contribution >= 0.6 is 0 Å². The molecule has 0 spiro atoms. The van der Waals surface area contributed by atoms with Crippen LogP contribution in [0.1, 0.15) is 34.8 Å². The second kappa shape index (κ2) is 10.1. The fourth-order valence-electron chi connectivity index (χ4n) is 4.05. The first-order chi connectivity index (χ1) is 16.8. The van der Waals surface area contributed by atoms with E-state index in [9.17, 15) is 14.9 Å². The van der Waals surface area contributed by atoms with Crippen molar-refractivity contribution in [1.29, 1.82) is 0 Å². The van der Waals surface area contributed by atoms with E-state index in [-0.39, 0.29) is 28.8 Å². The molecule has 184 valence electrons. The van der Waals surface area contributed by atoms with Crippen LogP contribution in [0.5, 0.6) is 11.5 Å². The van der Waals surface area contributed by atoms with Crippen LogP contribution in [0, 0.1) is 17.0 Å². The van der Waals surface area contributed by atoms with Crippen LogP contribution in [-0.2, 0) is 0 Å². The maximum Gasteiger partial charge on any atom is 0.286 e. The summed E-state index contributed by atoms with van der Waals surface area (Å²) >= 11 is 0. The number of aromatic nitrogens is 2. The largest absolute Gasteiger partial charge is 0.493 e. The summed E-state index contributed by atoms with van der Waals surface area (Å²) in [6.07, 6.45) is 0. The van der Waals surface area contributed by atoms with Crippen molar-refractivity contribution in [3.63, 3.8) is 0 Å². The molecule has 0 N–H and O–H groups in total. The molecule has 1 saturated heterocycles. The molecular formula is C24H27N5O6. The molecule has 1 fully saturated rings. The van der Waals surface area contributed by atoms with Crippen molar-refractivity contribution < 1.29 is 23.7 Å². The number of ether oxygens (including phenoxy) is 2. The van der Waals surface area contributed by atoms with Gasteiger partial charge in [-0.1, -0.05) is 35.0 Å². The van der Waals surface area contributed by atoms with E-state index in [2.05, 4.69) is 15.0 Å². The van der Waals surface area contributed by atoms with Crippen molar-refractivity contribution in [3.8, 4) is 22.9 Å². The molecule has 35 heavy (non-hydrogen) atoms. The number of carbonyl (C=O) groups excluding carboxylic acids is 1. The minimum absolute atomic E-state index is 0.0335. The minimum atomic E-state index is -0.589. The highest BCUT2D eigenvalue weighted by Crippen LogP contribution is 2.35. The standard InChI is InChI=1S/C24H27N5O6/c1-15-5-7-17(8-6-15)22-25-23(35-26-22)16(2)27-9-11-28(12-10-27)24(30)18-13-20(33-3)21(34-4)14-19(18)29(31)32/h5-8,13-14,16H,9-12H2,1-4H3. The van der Waals surface area contributed by atoms with Gasteiger partial charge in [0.05, 0.1) is 31.3 Å². The molecule has 11 nitrogen and oxygen atoms in total. The number of piperazine rings is 1. The maximum atomic E-state index is 13.2. The molecule has 0 bridgehead atoms. The molecule has 1 atom stereocenters. The van der Waals surface area contributed by atoms with Gasteiger partial charge in [0.25, 0.3) is 11.6 Å². The van der Waals surface area contributed by atoms with Gasteiger partial charge in [-0.2, -0.15) is 4.98 Å². The number of amides is 1. The van der Waals surface area contributed by atoms with Crippen LogP contribution in [0.2, 0.25) is 0 Å². The fourth-order valence-corrected chi connectivity index (χ4v) is 4.05. The Kier molecular flexibility index (Phi) is 6.97. The van der Waals surface area contributed by atoms with Crippen LogP contribution in [0.3, 0.4) is 0 Å². The third kappa shape index (κ3) is 4.94. The number of benzene rings is 2. The highest BCUT2D eigenvalue weighted by molar-refractivity contribution is 5.99. The normalized spacial score (nSPS) is 15.0. The summed E-state index contributed by atoms with van der Waals surface area (Å²) < 4.78 is 15.9. The first-order valence-electron chi connectivity index (χ1n) is 11.2. The smallest absolute Gasteiger partial charge is 0.286 e. The van der Waals surface area contributed by atoms with Gasteiger partial charge in [0.2, 0.25) is 11.7 Å². The number of aryl methyl sites for hydroxylation is 1. The average Bonchev–Trinajstić information content (AvgIpc) is 3.37. The first kappa shape index (κ1) is 24.1. The van der Waals surface area contributed by atoms with Gasteiger partial charge in [-0.3, -0.25) is 19.8 Å². The lowest BCUT2D eigenvalue weighted by Gasteiger charge is -2.36. The summed E-state index contributed by atoms with van der Waals surface area (Å²) in [6.45, 7) is 5.89. The van der Waals surface area contributed by atoms with E-state index in [0.717, 1.165) is 11.1 Å². The second-order valence-corrected chi connectivity index (χ2v) is 8.31. The van der Waals surface area contributed by atoms with Gasteiger partial charge in [-0.15, -0.1) is 0 Å². The van der Waals surface area contributed by atoms with Gasteiger partial charge in [-0.25, -0.2) is 0 Å². The Morgan fingerprint density at radius 3 is 2.31 bits per heavy atom. The van der Waals surface area contributed by atoms with Gasteiger partial charge < -0.3 is 18.9 Å². The zero-order valence-corrected chi connectivity index (χ0v) is 20.1. The van der Waals surface area contributed by atoms with Crippen molar-refractivity contribution in [2.75, 3.05) is 40.4 Å². The number of rotatable bonds is 7. The van der Waals surface area contributed by atoms with E-state index in [4.69, 9.17) is 14.0 Å². The number of nitro groups is 1. The zero-order valence-electron chi connectivity index (χ0n) is 20.1. The first-order valence-corrected chi connectivity index (χ1v) is 11.2. The van der Waals surface area contributed by atoms with Gasteiger partial charge in [0, 0.05) is 37.8 Å². The lowest BCUT2D eigenvalue weighted by molar-refractivity contribution is -0.385. The van der Waals surface area contributed by atoms with Crippen LogP contribution in [-0.4, -0.2) is 71.2 Å². The van der Waals surface area contributed by atoms with Crippen LogP contribution in [0.25, 0.3) is 11.4 Å². The van der Waals surface area contributed by atoms with Crippen molar-refractivity contribution in [2.45, 2.75) is 19.9 Å². The monoisotopic (exact) mass is 481 g/mol. The molecule has 4 rings (SSSR count). The Labute approximate surface area is 202 Å². The summed E-state index contributed by atoms with van der Waals surface area (Å²) in [5, 5.41) is 15.7. The van der Waals surface area contributed by atoms with E-state index in [1.54, 1.807) is 4.90 Å². The Hall–Kier alpha value is -3.99. The third-order valence-electron chi connectivity index (χ3n) is 6.19. The molecule has 1 unspecified atom stereocenters. The third-order valence-corrected chi connectivity index (χ3v) is 6.19. The number of nitro benzene ring substituents is 1. The van der Waals surface area contributed by atoms with Crippen molar-refractivity contribution in [2.24, 2.45) is 0 Å². The van der Waals surface area contributed by atoms with Gasteiger partial charge in [0.1, 0.15) is 5.56 Å². The second-order valence-electron chi connectivity index (χ2n) is 8.31. The van der Waals surface area contributed by atoms with E-state index in [1.165, 1.54) is 26.4 Å². The summed E-state index contributed by atoms with van der Waals surface area (Å²) in [6, 6.07) is 10.3. The SMILES string of the molecule is COc1cc(C(=O)N2CCN(C(C)c3nc(-c4ccc(C)cc4)no3)CC2)c([N+](=O)[O-])cc1OC. The van der Waals surface area contributed by atoms with E-state index < -0.39 is 10.8 Å². The van der Waals surface area contributed by atoms with Crippen molar-refractivity contribution >= 4 is 11.6 Å². The Morgan fingerprint density at radius 2 is 1.71 bits per heavy atom. The zero-order chi connectivity index (χ0) is 25.1. The molecule has 1 aromatic heterocycles. The Bertz CT molecular complexity index is 1220. The van der Waals surface area contributed by atoms with E-state index in [1.807, 2.05) is 38.1 Å². The molecular weight excluding hydrogens is 454 g/mol. The molecule has 1 aliphatic heterocycles. The molecule has 11 heteroatoms. The van der Waals surface area contributed by atoms with Gasteiger partial charge in [0.15, 0.2) is 11.5 Å². The molecule has 3 aromatic rings. The minimum Gasteiger partial charge on any atom is -0.493 e. The predicted octanol–water partition coefficient (Wildman–Crippen LogP) is 3.49. The average molecular weight is 482 g/mol. The van der Waals surface area contributed by atoms with Gasteiger partial charge in [-0.05, 0) is 13.8 Å². The van der Waals surface area contributed by atoms with Crippen molar-refractivity contribution in [1.82, 2.24) is 19.9 Å². The quantitative estimate of drug-likeness (QED) is 0.368. The van der Waals surface area contributed by atoms with Crippen LogP contribution in [0.4, 0.5) is 5.69 Å². The summed E-state index contributed by atoms with van der Waals surface area (Å²) in [5.41, 5.74) is 1.67. The predicted molar refractivity (Wildman–Crippen MR) is 127 cm³/mol. The fraction of sp³-hybridized carbons (Fsp3) is 0.375. The number of methoxy groups -OCH3 is 2. The summed E-state index contributed by atoms with van der Waals surface area (Å²) in [4.78, 5) is 32.5. The van der Waals surface area contributed by atoms with E-state index in [0.29, 0.717) is 37.9 Å². The molecule has 1 aliphatic rings. The number of hydrogen-bond acceptors (Lipinski definition) is 9. The topological polar surface area (TPSA) is 124 Å². The maximum absolute atomic E-state index is 13.2. The van der Waals surface area contributed by atoms with Gasteiger partial charge >= 0.3 is 0 Å². The number of carbonyl (C=O) groups is 1. The highest BCUT2D eigenvalue weighted by atomic mass is 16.6. The van der Waals surface area contributed by atoms with Crippen molar-refractivity contribution in [3.05, 3.63) is 63.5 Å². The Morgan fingerprint density at radius 1 is 1.09 bits per heavy atom. The molecule has 0 saturated carbocycles. The van der Waals surface area contributed by atoms with Crippen LogP contribution in [0.15, 0.2) is 40.9 Å². The molecule has 1 amide bonds. The van der Waals surface area contributed by atoms with Crippen LogP contribution < -0.4 is 9.47 Å². The lowest BCUT2D eigenvalue weighted by Crippen LogP contribution is -2.49. The highest BCUT2D eigenvalue weighted by Gasteiger charge is 2.32. The molecule has 0 radical (unpaired) electrons. The summed E-state index contributed by atoms with van der Waals surface area (Å²) in [7, 11) is 2.80. The lowest BCUT2D eigenvalue weighted by atomic mass is 10.1. The Balaban J connectivity index is 1.45. The van der Waals surface area contributed by atoms with E-state index >= 15 is 0 Å². The molecule has 2 heterocycles. The molecule has 0 aliphatic carbocycles. The number of nitrogens with zero attached hydrogens (tertiary/aromatic N) is 5. The number of hydrogen-bond donors (Lipinski definition) is 0. The summed E-state index contributed by atoms with van der Waals surface area (Å²) in [5.74, 6) is 1.05.